The lowest BCUT2D eigenvalue weighted by Crippen LogP contribution is -1.93. The Morgan fingerprint density at radius 2 is 1.76 bits per heavy atom. The lowest BCUT2D eigenvalue weighted by Gasteiger charge is -2.06. The van der Waals surface area contributed by atoms with Crippen molar-refractivity contribution >= 4 is 26.7 Å². The van der Waals surface area contributed by atoms with Gasteiger partial charge >= 0.3 is 0 Å². The zero-order valence-corrected chi connectivity index (χ0v) is 11.6. The number of halogens is 1. The van der Waals surface area contributed by atoms with Crippen LogP contribution in [0.15, 0.2) is 56.7 Å². The first-order valence-corrected chi connectivity index (χ1v) is 7.00. The van der Waals surface area contributed by atoms with Crippen molar-refractivity contribution in [2.75, 3.05) is 0 Å². The van der Waals surface area contributed by atoms with Gasteiger partial charge in [-0.2, -0.15) is 0 Å². The van der Waals surface area contributed by atoms with E-state index in [9.17, 15) is 9.32 Å². The summed E-state index contributed by atoms with van der Waals surface area (Å²) >= 11 is 3.21. The highest BCUT2D eigenvalue weighted by molar-refractivity contribution is 9.10. The molecule has 0 radical (unpaired) electrons. The van der Waals surface area contributed by atoms with Crippen LogP contribution in [0.5, 0.6) is 5.75 Å². The molecule has 0 aliphatic rings. The Hall–Kier alpha value is -1.13. The lowest BCUT2D eigenvalue weighted by atomic mass is 10.2. The summed E-state index contributed by atoms with van der Waals surface area (Å²) in [5.74, 6) is 0.0337. The number of aryl methyl sites for hydroxylation is 1. The number of rotatable bonds is 2. The van der Waals surface area contributed by atoms with Gasteiger partial charge in [0, 0.05) is 4.90 Å². The smallest absolute Gasteiger partial charge is 0.146 e. The van der Waals surface area contributed by atoms with E-state index in [1.807, 2.05) is 31.2 Å². The quantitative estimate of drug-likeness (QED) is 0.919. The molecule has 0 aliphatic heterocycles. The summed E-state index contributed by atoms with van der Waals surface area (Å²) in [6, 6.07) is 12.6. The van der Waals surface area contributed by atoms with E-state index in [0.717, 1.165) is 5.56 Å². The Morgan fingerprint density at radius 1 is 1.12 bits per heavy atom. The summed E-state index contributed by atoms with van der Waals surface area (Å²) in [6.45, 7) is 1.98. The number of para-hydroxylation sites is 1. The van der Waals surface area contributed by atoms with E-state index in [2.05, 4.69) is 15.9 Å². The first kappa shape index (κ1) is 12.3. The van der Waals surface area contributed by atoms with Gasteiger partial charge in [0.05, 0.1) is 20.2 Å². The number of aromatic hydroxyl groups is 1. The molecule has 1 N–H and O–H groups in total. The Bertz CT molecular complexity index is 564. The zero-order chi connectivity index (χ0) is 12.4. The van der Waals surface area contributed by atoms with Crippen LogP contribution in [0.25, 0.3) is 0 Å². The molecule has 0 saturated heterocycles. The Kier molecular flexibility index (Phi) is 3.64. The van der Waals surface area contributed by atoms with E-state index in [1.165, 1.54) is 0 Å². The predicted octanol–water partition coefficient (Wildman–Crippen LogP) is 3.63. The maximum atomic E-state index is 12.3. The van der Waals surface area contributed by atoms with Crippen LogP contribution in [0.3, 0.4) is 0 Å². The minimum absolute atomic E-state index is 0.0337. The van der Waals surface area contributed by atoms with Crippen molar-refractivity contribution in [2.45, 2.75) is 16.7 Å². The number of phenolic OH excluding ortho intramolecular Hbond substituents is 1. The molecular formula is C13H11BrO2S. The molecule has 2 rings (SSSR count). The van der Waals surface area contributed by atoms with Crippen molar-refractivity contribution in [1.82, 2.24) is 0 Å². The molecule has 4 heteroatoms. The molecule has 2 aromatic carbocycles. The fourth-order valence-corrected chi connectivity index (χ4v) is 3.06. The SMILES string of the molecule is Cc1ccc(S(=O)c2cccc(Br)c2O)cc1. The van der Waals surface area contributed by atoms with Gasteiger partial charge in [-0.15, -0.1) is 0 Å². The minimum Gasteiger partial charge on any atom is -0.505 e. The van der Waals surface area contributed by atoms with Crippen LogP contribution in [0, 0.1) is 6.92 Å². The van der Waals surface area contributed by atoms with Crippen molar-refractivity contribution in [3.8, 4) is 5.75 Å². The van der Waals surface area contributed by atoms with Crippen LogP contribution in [-0.4, -0.2) is 9.32 Å². The highest BCUT2D eigenvalue weighted by Crippen LogP contribution is 2.32. The fourth-order valence-electron chi connectivity index (χ4n) is 1.43. The molecule has 0 bridgehead atoms. The zero-order valence-electron chi connectivity index (χ0n) is 9.18. The van der Waals surface area contributed by atoms with Crippen LogP contribution in [0.1, 0.15) is 5.56 Å². The van der Waals surface area contributed by atoms with E-state index < -0.39 is 10.8 Å². The van der Waals surface area contributed by atoms with Crippen LogP contribution in [0.2, 0.25) is 0 Å². The second-order valence-corrected chi connectivity index (χ2v) is 5.97. The molecule has 0 heterocycles. The molecule has 2 nitrogen and oxygen atoms in total. The summed E-state index contributed by atoms with van der Waals surface area (Å²) in [5, 5.41) is 9.84. The van der Waals surface area contributed by atoms with Crippen LogP contribution >= 0.6 is 15.9 Å². The molecule has 0 fully saturated rings. The van der Waals surface area contributed by atoms with E-state index in [1.54, 1.807) is 18.2 Å². The van der Waals surface area contributed by atoms with Gasteiger partial charge in [-0.25, -0.2) is 4.21 Å². The number of benzene rings is 2. The molecule has 1 atom stereocenters. The van der Waals surface area contributed by atoms with E-state index in [-0.39, 0.29) is 5.75 Å². The Labute approximate surface area is 111 Å². The summed E-state index contributed by atoms with van der Waals surface area (Å²) in [6.07, 6.45) is 0. The van der Waals surface area contributed by atoms with E-state index in [0.29, 0.717) is 14.3 Å². The average molecular weight is 311 g/mol. The summed E-state index contributed by atoms with van der Waals surface area (Å²) < 4.78 is 12.8. The first-order chi connectivity index (χ1) is 8.09. The molecule has 17 heavy (non-hydrogen) atoms. The minimum atomic E-state index is -1.36. The number of phenols is 1. The van der Waals surface area contributed by atoms with Gasteiger partial charge in [-0.3, -0.25) is 0 Å². The molecule has 0 amide bonds. The van der Waals surface area contributed by atoms with Gasteiger partial charge < -0.3 is 5.11 Å². The van der Waals surface area contributed by atoms with Crippen molar-refractivity contribution in [1.29, 1.82) is 0 Å². The van der Waals surface area contributed by atoms with Crippen LogP contribution in [-0.2, 0) is 10.8 Å². The maximum absolute atomic E-state index is 12.3. The van der Waals surface area contributed by atoms with Gasteiger partial charge in [0.2, 0.25) is 0 Å². The van der Waals surface area contributed by atoms with E-state index >= 15 is 0 Å². The Balaban J connectivity index is 2.44. The fraction of sp³-hybridized carbons (Fsp3) is 0.0769. The third-order valence-electron chi connectivity index (χ3n) is 2.38. The van der Waals surface area contributed by atoms with Crippen molar-refractivity contribution in [3.63, 3.8) is 0 Å². The number of hydrogen-bond donors (Lipinski definition) is 1. The van der Waals surface area contributed by atoms with Crippen molar-refractivity contribution < 1.29 is 9.32 Å². The molecule has 0 aromatic heterocycles. The van der Waals surface area contributed by atoms with Crippen molar-refractivity contribution in [2.24, 2.45) is 0 Å². The van der Waals surface area contributed by atoms with Gasteiger partial charge in [-0.1, -0.05) is 23.8 Å². The Morgan fingerprint density at radius 3 is 2.41 bits per heavy atom. The van der Waals surface area contributed by atoms with E-state index in [4.69, 9.17) is 0 Å². The average Bonchev–Trinajstić information content (AvgIpc) is 2.33. The largest absolute Gasteiger partial charge is 0.505 e. The van der Waals surface area contributed by atoms with Crippen LogP contribution in [0.4, 0.5) is 0 Å². The van der Waals surface area contributed by atoms with Gasteiger partial charge in [0.15, 0.2) is 0 Å². The second-order valence-electron chi connectivity index (χ2n) is 3.67. The maximum Gasteiger partial charge on any atom is 0.146 e. The normalized spacial score (nSPS) is 12.4. The molecular weight excluding hydrogens is 300 g/mol. The van der Waals surface area contributed by atoms with Gasteiger partial charge in [-0.05, 0) is 47.1 Å². The van der Waals surface area contributed by atoms with Gasteiger partial charge in [0.25, 0.3) is 0 Å². The molecule has 2 aromatic rings. The number of hydrogen-bond acceptors (Lipinski definition) is 2. The van der Waals surface area contributed by atoms with Gasteiger partial charge in [0.1, 0.15) is 5.75 Å². The summed E-state index contributed by atoms with van der Waals surface area (Å²) in [4.78, 5) is 1.10. The standard InChI is InChI=1S/C13H11BrO2S/c1-9-5-7-10(8-6-9)17(16)12-4-2-3-11(14)13(12)15/h2-8,15H,1H3. The highest BCUT2D eigenvalue weighted by Gasteiger charge is 2.13. The van der Waals surface area contributed by atoms with Crippen LogP contribution < -0.4 is 0 Å². The molecule has 0 saturated carbocycles. The monoisotopic (exact) mass is 310 g/mol. The lowest BCUT2D eigenvalue weighted by molar-refractivity contribution is 0.457. The summed E-state index contributed by atoms with van der Waals surface area (Å²) in [5.41, 5.74) is 1.12. The third kappa shape index (κ3) is 2.58. The molecule has 0 spiro atoms. The predicted molar refractivity (Wildman–Crippen MR) is 71.7 cm³/mol. The topological polar surface area (TPSA) is 37.3 Å². The molecule has 88 valence electrons. The summed E-state index contributed by atoms with van der Waals surface area (Å²) in [7, 11) is -1.36. The highest BCUT2D eigenvalue weighted by atomic mass is 79.9. The second kappa shape index (κ2) is 5.02. The molecule has 1 unspecified atom stereocenters. The first-order valence-electron chi connectivity index (χ1n) is 5.05. The third-order valence-corrected chi connectivity index (χ3v) is 4.45. The van der Waals surface area contributed by atoms with Crippen molar-refractivity contribution in [3.05, 3.63) is 52.5 Å². The molecule has 0 aliphatic carbocycles.